The zero-order valence-corrected chi connectivity index (χ0v) is 5.49. The number of nitrogens with two attached hydrogens (primary N) is 1. The van der Waals surface area contributed by atoms with Crippen molar-refractivity contribution in [3.8, 4) is 0 Å². The van der Waals surface area contributed by atoms with E-state index < -0.39 is 0 Å². The van der Waals surface area contributed by atoms with Crippen LogP contribution in [0.3, 0.4) is 0 Å². The van der Waals surface area contributed by atoms with Crippen molar-refractivity contribution in [1.29, 1.82) is 0 Å². The second-order valence-corrected chi connectivity index (χ2v) is 2.74. The molecule has 0 aliphatic heterocycles. The maximum absolute atomic E-state index is 5.65. The summed E-state index contributed by atoms with van der Waals surface area (Å²) >= 11 is 0. The van der Waals surface area contributed by atoms with Crippen LogP contribution in [0.25, 0.3) is 0 Å². The van der Waals surface area contributed by atoms with E-state index in [4.69, 9.17) is 5.73 Å². The topological polar surface area (TPSA) is 26.0 Å². The van der Waals surface area contributed by atoms with E-state index in [1.807, 2.05) is 0 Å². The maximum Gasteiger partial charge on any atom is 0.101 e. The third-order valence-corrected chi connectivity index (χ3v) is 0.894. The highest BCUT2D eigenvalue weighted by Crippen LogP contribution is 2.04. The first-order valence-electron chi connectivity index (χ1n) is 2.85. The molecule has 0 amide bonds. The van der Waals surface area contributed by atoms with E-state index in [9.17, 15) is 0 Å². The van der Waals surface area contributed by atoms with E-state index in [0.29, 0.717) is 0 Å². The van der Waals surface area contributed by atoms with Crippen LogP contribution in [0.15, 0.2) is 0 Å². The van der Waals surface area contributed by atoms with Crippen molar-refractivity contribution >= 4 is 7.85 Å². The summed E-state index contributed by atoms with van der Waals surface area (Å²) in [5, 5.41) is 0. The lowest BCUT2D eigenvalue weighted by Gasteiger charge is -2.15. The van der Waals surface area contributed by atoms with Crippen molar-refractivity contribution < 1.29 is 0 Å². The molecule has 7 heavy (non-hydrogen) atoms. The van der Waals surface area contributed by atoms with Crippen LogP contribution in [0, 0.1) is 0 Å². The van der Waals surface area contributed by atoms with Crippen LogP contribution < -0.4 is 5.73 Å². The molecule has 0 aromatic heterocycles. The molecule has 0 heterocycles. The van der Waals surface area contributed by atoms with E-state index in [2.05, 4.69) is 21.7 Å². The Hall–Kier alpha value is 0.0249. The molecule has 0 aliphatic rings. The Balaban J connectivity index is 3.15. The minimum absolute atomic E-state index is 0.0503. The molecular weight excluding hydrogens is 84.9 g/mol. The normalized spacial score (nSPS) is 11.9. The molecule has 0 atom stereocenters. The van der Waals surface area contributed by atoms with Crippen LogP contribution >= 0.6 is 0 Å². The minimum Gasteiger partial charge on any atom is -0.326 e. The van der Waals surface area contributed by atoms with E-state index in [1.165, 1.54) is 6.32 Å². The van der Waals surface area contributed by atoms with Crippen molar-refractivity contribution in [3.05, 3.63) is 0 Å². The van der Waals surface area contributed by atoms with Gasteiger partial charge < -0.3 is 5.73 Å². The summed E-state index contributed by atoms with van der Waals surface area (Å²) in [7, 11) is 2.15. The Kier molecular flexibility index (Phi) is 2.37. The van der Waals surface area contributed by atoms with E-state index in [-0.39, 0.29) is 5.54 Å². The van der Waals surface area contributed by atoms with Crippen molar-refractivity contribution in [2.75, 3.05) is 0 Å². The van der Waals surface area contributed by atoms with Gasteiger partial charge in [-0.25, -0.2) is 0 Å². The second kappa shape index (κ2) is 2.36. The molecule has 0 aromatic carbocycles. The molecule has 0 bridgehead atoms. The van der Waals surface area contributed by atoms with Gasteiger partial charge in [0.15, 0.2) is 0 Å². The van der Waals surface area contributed by atoms with Gasteiger partial charge >= 0.3 is 0 Å². The third kappa shape index (κ3) is 6.02. The van der Waals surface area contributed by atoms with Gasteiger partial charge in [0.2, 0.25) is 0 Å². The molecule has 0 spiro atoms. The summed E-state index contributed by atoms with van der Waals surface area (Å²) in [6.45, 7) is 4.10. The molecule has 0 aromatic rings. The lowest BCUT2D eigenvalue weighted by atomic mass is 9.91. The van der Waals surface area contributed by atoms with E-state index >= 15 is 0 Å². The zero-order valence-electron chi connectivity index (χ0n) is 5.49. The SMILES string of the molecule is BCCC(C)(C)N. The molecule has 0 saturated heterocycles. The Morgan fingerprint density at radius 3 is 2.00 bits per heavy atom. The fourth-order valence-corrected chi connectivity index (χ4v) is 0.644. The number of hydrogen-bond donors (Lipinski definition) is 1. The molecule has 0 rings (SSSR count). The van der Waals surface area contributed by atoms with Crippen LogP contribution in [0.2, 0.25) is 6.32 Å². The fraction of sp³-hybridized carbons (Fsp3) is 1.00. The fourth-order valence-electron chi connectivity index (χ4n) is 0.644. The van der Waals surface area contributed by atoms with E-state index in [0.717, 1.165) is 6.42 Å². The molecule has 0 fully saturated rings. The predicted molar refractivity (Wildman–Crippen MR) is 36.2 cm³/mol. The average Bonchev–Trinajstić information content (AvgIpc) is 1.30. The van der Waals surface area contributed by atoms with Gasteiger partial charge in [-0.2, -0.15) is 0 Å². The first-order chi connectivity index (χ1) is 3.06. The van der Waals surface area contributed by atoms with Gasteiger partial charge in [-0.05, 0) is 20.3 Å². The lowest BCUT2D eigenvalue weighted by Crippen LogP contribution is -2.31. The van der Waals surface area contributed by atoms with Crippen molar-refractivity contribution in [3.63, 3.8) is 0 Å². The lowest BCUT2D eigenvalue weighted by molar-refractivity contribution is 0.501. The van der Waals surface area contributed by atoms with Gasteiger partial charge in [0, 0.05) is 5.54 Å². The Morgan fingerprint density at radius 1 is 1.57 bits per heavy atom. The summed E-state index contributed by atoms with van der Waals surface area (Å²) in [6.07, 6.45) is 2.30. The van der Waals surface area contributed by atoms with Gasteiger partial charge in [-0.1, -0.05) is 6.32 Å². The number of hydrogen-bond acceptors (Lipinski definition) is 1. The summed E-state index contributed by atoms with van der Waals surface area (Å²) in [6, 6.07) is 0. The van der Waals surface area contributed by atoms with Gasteiger partial charge in [-0.15, -0.1) is 0 Å². The Labute approximate surface area is 46.7 Å². The minimum atomic E-state index is 0.0503. The first kappa shape index (κ1) is 7.02. The van der Waals surface area contributed by atoms with Gasteiger partial charge in [0.05, 0.1) is 0 Å². The van der Waals surface area contributed by atoms with Gasteiger partial charge in [0.1, 0.15) is 7.85 Å². The third-order valence-electron chi connectivity index (χ3n) is 0.894. The highest BCUT2D eigenvalue weighted by atomic mass is 14.7. The molecular formula is C5H14BN. The molecule has 0 aliphatic carbocycles. The summed E-state index contributed by atoms with van der Waals surface area (Å²) in [4.78, 5) is 0. The van der Waals surface area contributed by atoms with Crippen molar-refractivity contribution in [2.24, 2.45) is 5.73 Å². The first-order valence-corrected chi connectivity index (χ1v) is 2.85. The summed E-state index contributed by atoms with van der Waals surface area (Å²) < 4.78 is 0. The van der Waals surface area contributed by atoms with Crippen molar-refractivity contribution in [1.82, 2.24) is 0 Å². The quantitative estimate of drug-likeness (QED) is 0.490. The monoisotopic (exact) mass is 99.1 g/mol. The van der Waals surface area contributed by atoms with Crippen molar-refractivity contribution in [2.45, 2.75) is 32.1 Å². The molecule has 2 N–H and O–H groups in total. The number of rotatable bonds is 2. The predicted octanol–water partition coefficient (Wildman–Crippen LogP) is 0.165. The Morgan fingerprint density at radius 2 is 2.00 bits per heavy atom. The molecule has 1 nitrogen and oxygen atoms in total. The van der Waals surface area contributed by atoms with Crippen LogP contribution in [0.4, 0.5) is 0 Å². The smallest absolute Gasteiger partial charge is 0.101 e. The second-order valence-electron chi connectivity index (χ2n) is 2.74. The van der Waals surface area contributed by atoms with Crippen LogP contribution in [-0.2, 0) is 0 Å². The molecule has 0 saturated carbocycles. The maximum atomic E-state index is 5.65. The largest absolute Gasteiger partial charge is 0.326 e. The molecule has 2 heteroatoms. The highest BCUT2D eigenvalue weighted by molar-refractivity contribution is 6.08. The van der Waals surface area contributed by atoms with E-state index in [1.54, 1.807) is 0 Å². The molecule has 0 unspecified atom stereocenters. The molecule has 0 radical (unpaired) electrons. The van der Waals surface area contributed by atoms with Crippen LogP contribution in [-0.4, -0.2) is 13.4 Å². The van der Waals surface area contributed by atoms with Crippen LogP contribution in [0.5, 0.6) is 0 Å². The Bertz CT molecular complexity index is 46.5. The highest BCUT2D eigenvalue weighted by Gasteiger charge is 2.06. The van der Waals surface area contributed by atoms with Gasteiger partial charge in [0.25, 0.3) is 0 Å². The van der Waals surface area contributed by atoms with Crippen LogP contribution in [0.1, 0.15) is 20.3 Å². The average molecular weight is 99.0 g/mol. The summed E-state index contributed by atoms with van der Waals surface area (Å²) in [5.41, 5.74) is 5.70. The van der Waals surface area contributed by atoms with Gasteiger partial charge in [-0.3, -0.25) is 0 Å². The molecule has 42 valence electrons. The summed E-state index contributed by atoms with van der Waals surface area (Å²) in [5.74, 6) is 0. The standard InChI is InChI=1S/C5H14BN/c1-5(2,7)3-4-6/h3-4,6-7H2,1-2H3. The zero-order chi connectivity index (χ0) is 5.91.